The Morgan fingerprint density at radius 2 is 2.18 bits per heavy atom. The van der Waals surface area contributed by atoms with Crippen LogP contribution in [0, 0.1) is 6.92 Å². The first-order valence-electron chi connectivity index (χ1n) is 9.20. The third-order valence-electron chi connectivity index (χ3n) is 4.96. The van der Waals surface area contributed by atoms with Crippen molar-refractivity contribution in [3.8, 4) is 5.75 Å². The molecule has 0 aliphatic carbocycles. The number of carbonyl (C=O) groups is 1. The molecule has 0 bridgehead atoms. The number of fused-ring (bicyclic) bond motifs is 1. The molecule has 0 N–H and O–H groups in total. The normalized spacial score (nSPS) is 16.5. The van der Waals surface area contributed by atoms with Crippen molar-refractivity contribution >= 4 is 44.2 Å². The van der Waals surface area contributed by atoms with E-state index in [2.05, 4.69) is 0 Å². The molecule has 1 atom stereocenters. The van der Waals surface area contributed by atoms with Crippen LogP contribution in [-0.2, 0) is 4.74 Å². The molecule has 3 aromatic rings. The van der Waals surface area contributed by atoms with Crippen LogP contribution in [0.15, 0.2) is 36.4 Å². The Bertz CT molecular complexity index is 1010. The molecule has 146 valence electrons. The molecule has 5 nitrogen and oxygen atoms in total. The second kappa shape index (κ2) is 8.07. The number of hydrogen-bond acceptors (Lipinski definition) is 5. The number of aryl methyl sites for hydroxylation is 1. The van der Waals surface area contributed by atoms with Crippen molar-refractivity contribution in [1.29, 1.82) is 0 Å². The molecule has 0 spiro atoms. The molecule has 1 aliphatic rings. The lowest BCUT2D eigenvalue weighted by Crippen LogP contribution is -2.37. The standard InChI is InChI=1S/C21H21ClN2O3S/c1-13-16(22)9-10-18-19(13)23-21(28-18)24(12-14-6-5-11-27-14)20(25)15-7-3-4-8-17(15)26-2/h3-4,7-10,14H,5-6,11-12H2,1-2H3. The van der Waals surface area contributed by atoms with Crippen LogP contribution < -0.4 is 9.64 Å². The van der Waals surface area contributed by atoms with E-state index in [1.165, 1.54) is 11.3 Å². The Morgan fingerprint density at radius 3 is 2.93 bits per heavy atom. The van der Waals surface area contributed by atoms with Crippen LogP contribution in [0.1, 0.15) is 28.8 Å². The Balaban J connectivity index is 1.77. The molecule has 1 aromatic heterocycles. The number of thiazole rings is 1. The smallest absolute Gasteiger partial charge is 0.263 e. The first kappa shape index (κ1) is 19.2. The number of hydrogen-bond donors (Lipinski definition) is 0. The topological polar surface area (TPSA) is 51.7 Å². The van der Waals surface area contributed by atoms with Gasteiger partial charge in [0, 0.05) is 11.6 Å². The molecule has 1 fully saturated rings. The lowest BCUT2D eigenvalue weighted by Gasteiger charge is -2.23. The predicted octanol–water partition coefficient (Wildman–Crippen LogP) is 5.09. The maximum atomic E-state index is 13.5. The molecule has 2 heterocycles. The predicted molar refractivity (Wildman–Crippen MR) is 113 cm³/mol. The fraction of sp³-hybridized carbons (Fsp3) is 0.333. The summed E-state index contributed by atoms with van der Waals surface area (Å²) in [5.41, 5.74) is 2.26. The average molecular weight is 417 g/mol. The third-order valence-corrected chi connectivity index (χ3v) is 6.41. The van der Waals surface area contributed by atoms with Gasteiger partial charge in [-0.1, -0.05) is 35.1 Å². The van der Waals surface area contributed by atoms with Gasteiger partial charge in [-0.15, -0.1) is 0 Å². The number of para-hydroxylation sites is 1. The third kappa shape index (κ3) is 3.60. The Morgan fingerprint density at radius 1 is 1.36 bits per heavy atom. The zero-order chi connectivity index (χ0) is 19.7. The van der Waals surface area contributed by atoms with Gasteiger partial charge in [-0.3, -0.25) is 9.69 Å². The minimum absolute atomic E-state index is 0.00959. The maximum absolute atomic E-state index is 13.5. The van der Waals surface area contributed by atoms with Gasteiger partial charge < -0.3 is 9.47 Å². The average Bonchev–Trinajstić information content (AvgIpc) is 3.38. The Hall–Kier alpha value is -2.15. The van der Waals surface area contributed by atoms with E-state index in [1.54, 1.807) is 24.1 Å². The van der Waals surface area contributed by atoms with E-state index >= 15 is 0 Å². The van der Waals surface area contributed by atoms with Gasteiger partial charge in [0.25, 0.3) is 5.91 Å². The maximum Gasteiger partial charge on any atom is 0.263 e. The molecular weight excluding hydrogens is 396 g/mol. The van der Waals surface area contributed by atoms with Crippen molar-refractivity contribution < 1.29 is 14.3 Å². The second-order valence-electron chi connectivity index (χ2n) is 6.77. The number of ether oxygens (including phenoxy) is 2. The minimum atomic E-state index is -0.143. The highest BCUT2D eigenvalue weighted by Crippen LogP contribution is 2.35. The highest BCUT2D eigenvalue weighted by Gasteiger charge is 2.28. The fourth-order valence-electron chi connectivity index (χ4n) is 3.41. The van der Waals surface area contributed by atoms with Gasteiger partial charge in [0.2, 0.25) is 0 Å². The van der Waals surface area contributed by atoms with E-state index in [1.807, 2.05) is 31.2 Å². The number of anilines is 1. The van der Waals surface area contributed by atoms with E-state index in [0.29, 0.717) is 28.0 Å². The van der Waals surface area contributed by atoms with E-state index in [-0.39, 0.29) is 12.0 Å². The van der Waals surface area contributed by atoms with E-state index in [9.17, 15) is 4.79 Å². The summed E-state index contributed by atoms with van der Waals surface area (Å²) in [6.07, 6.45) is 1.96. The summed E-state index contributed by atoms with van der Waals surface area (Å²) < 4.78 is 12.2. The van der Waals surface area contributed by atoms with Gasteiger partial charge in [0.05, 0.1) is 35.5 Å². The molecule has 1 amide bonds. The van der Waals surface area contributed by atoms with Gasteiger partial charge in [0.1, 0.15) is 5.75 Å². The summed E-state index contributed by atoms with van der Waals surface area (Å²) in [5, 5.41) is 1.32. The molecule has 1 unspecified atom stereocenters. The highest BCUT2D eigenvalue weighted by molar-refractivity contribution is 7.22. The molecular formula is C21H21ClN2O3S. The SMILES string of the molecule is COc1ccccc1C(=O)N(CC1CCCO1)c1nc2c(C)c(Cl)ccc2s1. The van der Waals surface area contributed by atoms with Crippen molar-refractivity contribution in [3.05, 3.63) is 52.5 Å². The van der Waals surface area contributed by atoms with E-state index in [4.69, 9.17) is 26.1 Å². The van der Waals surface area contributed by atoms with Crippen LogP contribution in [-0.4, -0.2) is 37.3 Å². The van der Waals surface area contributed by atoms with Gasteiger partial charge in [-0.2, -0.15) is 0 Å². The van der Waals surface area contributed by atoms with Crippen LogP contribution in [0.3, 0.4) is 0 Å². The number of benzene rings is 2. The van der Waals surface area contributed by atoms with Crippen LogP contribution >= 0.6 is 22.9 Å². The van der Waals surface area contributed by atoms with E-state index < -0.39 is 0 Å². The van der Waals surface area contributed by atoms with Crippen LogP contribution in [0.25, 0.3) is 10.2 Å². The summed E-state index contributed by atoms with van der Waals surface area (Å²) >= 11 is 7.75. The molecule has 7 heteroatoms. The van der Waals surface area contributed by atoms with Crippen molar-refractivity contribution in [2.75, 3.05) is 25.2 Å². The number of rotatable bonds is 5. The van der Waals surface area contributed by atoms with Crippen LogP contribution in [0.5, 0.6) is 5.75 Å². The summed E-state index contributed by atoms with van der Waals surface area (Å²) in [6, 6.07) is 11.1. The lowest BCUT2D eigenvalue weighted by molar-refractivity contribution is 0.0915. The fourth-order valence-corrected chi connectivity index (χ4v) is 4.60. The van der Waals surface area contributed by atoms with Gasteiger partial charge in [0.15, 0.2) is 5.13 Å². The van der Waals surface area contributed by atoms with Crippen molar-refractivity contribution in [2.24, 2.45) is 0 Å². The molecule has 0 radical (unpaired) electrons. The van der Waals surface area contributed by atoms with Gasteiger partial charge in [-0.25, -0.2) is 4.98 Å². The van der Waals surface area contributed by atoms with Gasteiger partial charge >= 0.3 is 0 Å². The van der Waals surface area contributed by atoms with Crippen LogP contribution in [0.4, 0.5) is 5.13 Å². The molecule has 2 aromatic carbocycles. The van der Waals surface area contributed by atoms with Gasteiger partial charge in [-0.05, 0) is 49.6 Å². The highest BCUT2D eigenvalue weighted by atomic mass is 35.5. The number of halogens is 1. The lowest BCUT2D eigenvalue weighted by atomic mass is 10.1. The Kier molecular flexibility index (Phi) is 5.53. The molecule has 4 rings (SSSR count). The van der Waals surface area contributed by atoms with Crippen molar-refractivity contribution in [3.63, 3.8) is 0 Å². The van der Waals surface area contributed by atoms with Crippen molar-refractivity contribution in [1.82, 2.24) is 4.98 Å². The monoisotopic (exact) mass is 416 g/mol. The quantitative estimate of drug-likeness (QED) is 0.581. The number of nitrogens with zero attached hydrogens (tertiary/aromatic N) is 2. The number of methoxy groups -OCH3 is 1. The Labute approximate surface area is 172 Å². The summed E-state index contributed by atoms with van der Waals surface area (Å²) in [5.74, 6) is 0.404. The summed E-state index contributed by atoms with van der Waals surface area (Å²) in [6.45, 7) is 3.14. The number of amides is 1. The molecule has 28 heavy (non-hydrogen) atoms. The molecule has 0 saturated carbocycles. The largest absolute Gasteiger partial charge is 0.496 e. The number of carbonyl (C=O) groups excluding carboxylic acids is 1. The second-order valence-corrected chi connectivity index (χ2v) is 8.18. The zero-order valence-corrected chi connectivity index (χ0v) is 17.3. The van der Waals surface area contributed by atoms with Crippen LogP contribution in [0.2, 0.25) is 5.02 Å². The molecule has 1 aliphatic heterocycles. The van der Waals surface area contributed by atoms with E-state index in [0.717, 1.165) is 35.2 Å². The summed E-state index contributed by atoms with van der Waals surface area (Å²) in [7, 11) is 1.57. The molecule has 1 saturated heterocycles. The number of aromatic nitrogens is 1. The summed E-state index contributed by atoms with van der Waals surface area (Å²) in [4.78, 5) is 19.9. The first-order chi connectivity index (χ1) is 13.6. The first-order valence-corrected chi connectivity index (χ1v) is 10.4. The zero-order valence-electron chi connectivity index (χ0n) is 15.8. The minimum Gasteiger partial charge on any atom is -0.496 e. The van der Waals surface area contributed by atoms with Crippen molar-refractivity contribution in [2.45, 2.75) is 25.9 Å².